The van der Waals surface area contributed by atoms with E-state index in [0.717, 1.165) is 12.3 Å². The fourth-order valence-electron chi connectivity index (χ4n) is 2.38. The summed E-state index contributed by atoms with van der Waals surface area (Å²) in [5, 5.41) is 0. The monoisotopic (exact) mass is 198 g/mol. The molecule has 0 bridgehead atoms. The highest BCUT2D eigenvalue weighted by Crippen LogP contribution is 2.22. The summed E-state index contributed by atoms with van der Waals surface area (Å²) < 4.78 is 0. The van der Waals surface area contributed by atoms with Crippen LogP contribution in [0.3, 0.4) is 0 Å². The Labute approximate surface area is 88.8 Å². The number of rotatable bonds is 4. The quantitative estimate of drug-likeness (QED) is 0.750. The number of hydrogen-bond acceptors (Lipinski definition) is 2. The van der Waals surface area contributed by atoms with Gasteiger partial charge in [-0.1, -0.05) is 20.3 Å². The molecule has 2 nitrogen and oxygen atoms in total. The number of likely N-dealkylation sites (tertiary alicyclic amines) is 1. The number of piperidine rings is 1. The first-order valence-electron chi connectivity index (χ1n) is 6.18. The van der Waals surface area contributed by atoms with Crippen molar-refractivity contribution in [2.24, 2.45) is 11.7 Å². The number of nitrogens with zero attached hydrogens (tertiary/aromatic N) is 1. The molecular formula is C12H26N2. The van der Waals surface area contributed by atoms with Gasteiger partial charge >= 0.3 is 0 Å². The molecule has 2 unspecified atom stereocenters. The van der Waals surface area contributed by atoms with E-state index < -0.39 is 0 Å². The molecule has 1 rings (SSSR count). The lowest BCUT2D eigenvalue weighted by molar-refractivity contribution is 0.123. The average molecular weight is 198 g/mol. The van der Waals surface area contributed by atoms with Gasteiger partial charge in [0.2, 0.25) is 0 Å². The Morgan fingerprint density at radius 1 is 1.29 bits per heavy atom. The summed E-state index contributed by atoms with van der Waals surface area (Å²) in [6.45, 7) is 9.28. The van der Waals surface area contributed by atoms with E-state index >= 15 is 0 Å². The van der Waals surface area contributed by atoms with E-state index in [9.17, 15) is 0 Å². The van der Waals surface area contributed by atoms with Crippen LogP contribution >= 0.6 is 0 Å². The molecule has 84 valence electrons. The van der Waals surface area contributed by atoms with Gasteiger partial charge in [-0.05, 0) is 45.2 Å². The van der Waals surface area contributed by atoms with Crippen molar-refractivity contribution in [2.45, 2.75) is 58.5 Å². The molecule has 0 amide bonds. The smallest absolute Gasteiger partial charge is 0.0218 e. The van der Waals surface area contributed by atoms with E-state index in [0.29, 0.717) is 12.1 Å². The van der Waals surface area contributed by atoms with Gasteiger partial charge in [-0.3, -0.25) is 4.90 Å². The second-order valence-corrected chi connectivity index (χ2v) is 4.70. The van der Waals surface area contributed by atoms with Crippen molar-refractivity contribution < 1.29 is 0 Å². The Morgan fingerprint density at radius 2 is 1.86 bits per heavy atom. The average Bonchev–Trinajstić information content (AvgIpc) is 2.27. The zero-order valence-electron chi connectivity index (χ0n) is 10.00. The first-order valence-corrected chi connectivity index (χ1v) is 6.18. The van der Waals surface area contributed by atoms with Crippen LogP contribution < -0.4 is 5.73 Å². The highest BCUT2D eigenvalue weighted by molar-refractivity contribution is 4.81. The second kappa shape index (κ2) is 5.72. The van der Waals surface area contributed by atoms with Gasteiger partial charge in [0, 0.05) is 12.1 Å². The standard InChI is InChI=1S/C12H26N2/c1-4-11-6-8-14(9-7-11)10(3)12(13)5-2/h10-12H,4-9,13H2,1-3H3. The van der Waals surface area contributed by atoms with E-state index in [1.165, 1.54) is 32.4 Å². The van der Waals surface area contributed by atoms with Crippen LogP contribution in [0.25, 0.3) is 0 Å². The van der Waals surface area contributed by atoms with Crippen molar-refractivity contribution >= 4 is 0 Å². The van der Waals surface area contributed by atoms with Crippen LogP contribution in [0.5, 0.6) is 0 Å². The minimum absolute atomic E-state index is 0.355. The summed E-state index contributed by atoms with van der Waals surface area (Å²) in [6.07, 6.45) is 5.19. The van der Waals surface area contributed by atoms with Crippen LogP contribution in [0.1, 0.15) is 46.5 Å². The Morgan fingerprint density at radius 3 is 2.29 bits per heavy atom. The second-order valence-electron chi connectivity index (χ2n) is 4.70. The molecule has 1 heterocycles. The fourth-order valence-corrected chi connectivity index (χ4v) is 2.38. The van der Waals surface area contributed by atoms with Crippen molar-refractivity contribution in [2.75, 3.05) is 13.1 Å². The Kier molecular flexibility index (Phi) is 4.90. The minimum atomic E-state index is 0.355. The molecule has 14 heavy (non-hydrogen) atoms. The van der Waals surface area contributed by atoms with Gasteiger partial charge in [-0.25, -0.2) is 0 Å². The van der Waals surface area contributed by atoms with Gasteiger partial charge < -0.3 is 5.73 Å². The molecule has 0 saturated carbocycles. The maximum Gasteiger partial charge on any atom is 0.0218 e. The lowest BCUT2D eigenvalue weighted by atomic mass is 9.92. The Hall–Kier alpha value is -0.0800. The highest BCUT2D eigenvalue weighted by Gasteiger charge is 2.24. The maximum absolute atomic E-state index is 6.07. The van der Waals surface area contributed by atoms with Gasteiger partial charge in [-0.2, -0.15) is 0 Å². The van der Waals surface area contributed by atoms with Crippen molar-refractivity contribution in [3.63, 3.8) is 0 Å². The molecule has 0 aromatic carbocycles. The normalized spacial score (nSPS) is 24.9. The van der Waals surface area contributed by atoms with E-state index in [1.54, 1.807) is 0 Å². The predicted octanol–water partition coefficient (Wildman–Crippen LogP) is 2.23. The third kappa shape index (κ3) is 2.96. The molecule has 1 aliphatic rings. The summed E-state index contributed by atoms with van der Waals surface area (Å²) in [5.74, 6) is 0.969. The first kappa shape index (κ1) is 12.0. The van der Waals surface area contributed by atoms with Gasteiger partial charge in [0.05, 0.1) is 0 Å². The maximum atomic E-state index is 6.07. The van der Waals surface area contributed by atoms with Crippen LogP contribution in [0.2, 0.25) is 0 Å². The van der Waals surface area contributed by atoms with Crippen molar-refractivity contribution in [3.05, 3.63) is 0 Å². The van der Waals surface area contributed by atoms with E-state index in [-0.39, 0.29) is 0 Å². The van der Waals surface area contributed by atoms with Crippen molar-refractivity contribution in [3.8, 4) is 0 Å². The first-order chi connectivity index (χ1) is 6.69. The van der Waals surface area contributed by atoms with Gasteiger partial charge in [-0.15, -0.1) is 0 Å². The summed E-state index contributed by atoms with van der Waals surface area (Å²) in [5.41, 5.74) is 6.07. The SMILES string of the molecule is CCC1CCN(C(C)C(N)CC)CC1. The van der Waals surface area contributed by atoms with Crippen molar-refractivity contribution in [1.29, 1.82) is 0 Å². The van der Waals surface area contributed by atoms with Crippen LogP contribution in [0.15, 0.2) is 0 Å². The zero-order chi connectivity index (χ0) is 10.6. The lowest BCUT2D eigenvalue weighted by Gasteiger charge is -2.38. The van der Waals surface area contributed by atoms with Gasteiger partial charge in [0.15, 0.2) is 0 Å². The molecule has 0 radical (unpaired) electrons. The molecule has 1 saturated heterocycles. The number of hydrogen-bond donors (Lipinski definition) is 1. The largest absolute Gasteiger partial charge is 0.326 e. The molecule has 0 aromatic rings. The molecule has 2 atom stereocenters. The van der Waals surface area contributed by atoms with Crippen LogP contribution in [0, 0.1) is 5.92 Å². The summed E-state index contributed by atoms with van der Waals surface area (Å²) in [6, 6.07) is 0.922. The molecule has 0 aromatic heterocycles. The van der Waals surface area contributed by atoms with E-state index in [4.69, 9.17) is 5.73 Å². The summed E-state index contributed by atoms with van der Waals surface area (Å²) >= 11 is 0. The summed E-state index contributed by atoms with van der Waals surface area (Å²) in [4.78, 5) is 2.57. The van der Waals surface area contributed by atoms with Gasteiger partial charge in [0.25, 0.3) is 0 Å². The third-order valence-electron chi connectivity index (χ3n) is 3.89. The summed E-state index contributed by atoms with van der Waals surface area (Å²) in [7, 11) is 0. The lowest BCUT2D eigenvalue weighted by Crippen LogP contribution is -2.48. The van der Waals surface area contributed by atoms with Crippen LogP contribution in [0.4, 0.5) is 0 Å². The molecule has 0 spiro atoms. The molecule has 1 fully saturated rings. The van der Waals surface area contributed by atoms with E-state index in [1.807, 2.05) is 0 Å². The third-order valence-corrected chi connectivity index (χ3v) is 3.89. The molecule has 2 N–H and O–H groups in total. The Balaban J connectivity index is 2.33. The topological polar surface area (TPSA) is 29.3 Å². The zero-order valence-corrected chi connectivity index (χ0v) is 10.00. The van der Waals surface area contributed by atoms with Crippen LogP contribution in [-0.4, -0.2) is 30.1 Å². The Bertz CT molecular complexity index is 150. The van der Waals surface area contributed by atoms with E-state index in [2.05, 4.69) is 25.7 Å². The molecule has 2 heteroatoms. The predicted molar refractivity (Wildman–Crippen MR) is 62.3 cm³/mol. The fraction of sp³-hybridized carbons (Fsp3) is 1.00. The molecular weight excluding hydrogens is 172 g/mol. The van der Waals surface area contributed by atoms with Crippen molar-refractivity contribution in [1.82, 2.24) is 4.90 Å². The number of nitrogens with two attached hydrogens (primary N) is 1. The highest BCUT2D eigenvalue weighted by atomic mass is 15.2. The minimum Gasteiger partial charge on any atom is -0.326 e. The van der Waals surface area contributed by atoms with Crippen LogP contribution in [-0.2, 0) is 0 Å². The molecule has 1 aliphatic heterocycles. The van der Waals surface area contributed by atoms with Gasteiger partial charge in [0.1, 0.15) is 0 Å². The molecule has 0 aliphatic carbocycles.